The highest BCUT2D eigenvalue weighted by Crippen LogP contribution is 2.08. The van der Waals surface area contributed by atoms with Crippen molar-refractivity contribution in [1.29, 1.82) is 0 Å². The van der Waals surface area contributed by atoms with Gasteiger partial charge in [-0.15, -0.1) is 0 Å². The van der Waals surface area contributed by atoms with Gasteiger partial charge in [0.2, 0.25) is 23.6 Å². The highest BCUT2D eigenvalue weighted by Gasteiger charge is 2.31. The lowest BCUT2D eigenvalue weighted by Gasteiger charge is -2.27. The van der Waals surface area contributed by atoms with Crippen LogP contribution in [0.5, 0.6) is 0 Å². The van der Waals surface area contributed by atoms with Gasteiger partial charge in [-0.05, 0) is 24.2 Å². The van der Waals surface area contributed by atoms with E-state index in [0.717, 1.165) is 0 Å². The van der Waals surface area contributed by atoms with Crippen LogP contribution in [-0.4, -0.2) is 93.8 Å². The Morgan fingerprint density at radius 1 is 0.929 bits per heavy atom. The van der Waals surface area contributed by atoms with E-state index in [9.17, 15) is 24.0 Å². The van der Waals surface area contributed by atoms with Crippen LogP contribution in [-0.2, 0) is 28.7 Å². The van der Waals surface area contributed by atoms with Crippen LogP contribution in [0.3, 0.4) is 0 Å². The predicted molar refractivity (Wildman–Crippen MR) is 159 cm³/mol. The van der Waals surface area contributed by atoms with E-state index in [0.29, 0.717) is 32.8 Å². The largest absolute Gasteiger partial charge is 0.382 e. The van der Waals surface area contributed by atoms with E-state index in [-0.39, 0.29) is 36.1 Å². The summed E-state index contributed by atoms with van der Waals surface area (Å²) in [6, 6.07) is -3.96. The van der Waals surface area contributed by atoms with Gasteiger partial charge in [-0.2, -0.15) is 0 Å². The molecule has 0 spiro atoms. The molecule has 1 rings (SSSR count). The van der Waals surface area contributed by atoms with Crippen LogP contribution in [0.4, 0.5) is 4.79 Å². The van der Waals surface area contributed by atoms with Crippen LogP contribution in [0, 0.1) is 17.8 Å². The van der Waals surface area contributed by atoms with E-state index >= 15 is 0 Å². The third-order valence-electron chi connectivity index (χ3n) is 6.45. The molecule has 6 N–H and O–H groups in total. The molecular formula is C29H50N6O7. The first-order valence-electron chi connectivity index (χ1n) is 14.5. The molecule has 6 amide bonds. The summed E-state index contributed by atoms with van der Waals surface area (Å²) in [7, 11) is 1.57. The normalized spacial score (nSPS) is 20.8. The first kappa shape index (κ1) is 36.6. The van der Waals surface area contributed by atoms with E-state index in [1.54, 1.807) is 53.0 Å². The molecule has 0 aromatic carbocycles. The molecule has 1 heterocycles. The zero-order valence-electron chi connectivity index (χ0n) is 26.0. The Bertz CT molecular complexity index is 951. The summed E-state index contributed by atoms with van der Waals surface area (Å²) in [5.74, 6) is -2.19. The number of amides is 6. The standard InChI is InChI=1S/C29H50N6O7/c1-18(2)21-11-12-23(36)30-13-9-8-10-22(26(37)32-21)33-28(39)25(20(5)6)35-29(40)34-24(19(3)4)27(38)31-14-15-42-17-16-41-7/h8,10-12,18-22,24-25H,9,13-17H2,1-7H3,(H,30,36)(H,31,38)(H,32,37)(H,33,39)(H2,34,35,40)/b10-8+,12-11+/t21-,22+,24+,25+/m1/s1. The summed E-state index contributed by atoms with van der Waals surface area (Å²) < 4.78 is 10.3. The topological polar surface area (TPSA) is 176 Å². The van der Waals surface area contributed by atoms with E-state index < -0.39 is 42.0 Å². The fraction of sp³-hybridized carbons (Fsp3) is 0.690. The molecule has 238 valence electrons. The first-order valence-corrected chi connectivity index (χ1v) is 14.5. The maximum atomic E-state index is 13.3. The third-order valence-corrected chi connectivity index (χ3v) is 6.45. The molecule has 0 aliphatic carbocycles. The number of ether oxygens (including phenoxy) is 2. The second-order valence-electron chi connectivity index (χ2n) is 11.1. The van der Waals surface area contributed by atoms with Gasteiger partial charge >= 0.3 is 6.03 Å². The average Bonchev–Trinajstić information content (AvgIpc) is 2.92. The summed E-state index contributed by atoms with van der Waals surface area (Å²) in [6.45, 7) is 12.7. The Balaban J connectivity index is 2.89. The van der Waals surface area contributed by atoms with Gasteiger partial charge in [0, 0.05) is 32.3 Å². The lowest BCUT2D eigenvalue weighted by molar-refractivity contribution is -0.129. The zero-order valence-corrected chi connectivity index (χ0v) is 26.0. The number of hydrogen-bond acceptors (Lipinski definition) is 7. The average molecular weight is 595 g/mol. The molecule has 42 heavy (non-hydrogen) atoms. The first-order chi connectivity index (χ1) is 19.9. The fourth-order valence-corrected chi connectivity index (χ4v) is 3.89. The maximum absolute atomic E-state index is 13.3. The third kappa shape index (κ3) is 13.9. The lowest BCUT2D eigenvalue weighted by Crippen LogP contribution is -2.59. The molecule has 0 aromatic rings. The van der Waals surface area contributed by atoms with E-state index in [2.05, 4.69) is 31.9 Å². The summed E-state index contributed by atoms with van der Waals surface area (Å²) in [5.41, 5.74) is 0. The highest BCUT2D eigenvalue weighted by atomic mass is 16.5. The monoisotopic (exact) mass is 594 g/mol. The molecular weight excluding hydrogens is 544 g/mol. The van der Waals surface area contributed by atoms with Crippen LogP contribution in [0.25, 0.3) is 0 Å². The van der Waals surface area contributed by atoms with E-state index in [1.165, 1.54) is 6.08 Å². The molecule has 0 radical (unpaired) electrons. The molecule has 0 aromatic heterocycles. The van der Waals surface area contributed by atoms with Crippen molar-refractivity contribution < 1.29 is 33.4 Å². The minimum Gasteiger partial charge on any atom is -0.382 e. The Morgan fingerprint density at radius 3 is 2.17 bits per heavy atom. The molecule has 0 bridgehead atoms. The van der Waals surface area contributed by atoms with Crippen molar-refractivity contribution in [2.45, 2.75) is 72.1 Å². The van der Waals surface area contributed by atoms with Gasteiger partial charge in [-0.1, -0.05) is 59.8 Å². The Morgan fingerprint density at radius 2 is 1.57 bits per heavy atom. The number of carbonyl (C=O) groups is 5. The second-order valence-corrected chi connectivity index (χ2v) is 11.1. The summed E-state index contributed by atoms with van der Waals surface area (Å²) in [5, 5.41) is 16.4. The molecule has 13 heteroatoms. The van der Waals surface area contributed by atoms with Gasteiger partial charge in [0.25, 0.3) is 0 Å². The highest BCUT2D eigenvalue weighted by molar-refractivity contribution is 5.94. The number of carbonyl (C=O) groups excluding carboxylic acids is 5. The smallest absolute Gasteiger partial charge is 0.316 e. The Kier molecular flexibility index (Phi) is 17.1. The van der Waals surface area contributed by atoms with Crippen molar-refractivity contribution in [2.75, 3.05) is 40.0 Å². The van der Waals surface area contributed by atoms with Crippen LogP contribution in [0.1, 0.15) is 48.0 Å². The van der Waals surface area contributed by atoms with Crippen molar-refractivity contribution in [1.82, 2.24) is 31.9 Å². The van der Waals surface area contributed by atoms with Crippen molar-refractivity contribution in [3.05, 3.63) is 24.3 Å². The number of methoxy groups -OCH3 is 1. The molecule has 1 aliphatic heterocycles. The van der Waals surface area contributed by atoms with Gasteiger partial charge in [0.1, 0.15) is 18.1 Å². The van der Waals surface area contributed by atoms with Crippen LogP contribution >= 0.6 is 0 Å². The van der Waals surface area contributed by atoms with Crippen molar-refractivity contribution in [3.8, 4) is 0 Å². The molecule has 0 saturated heterocycles. The number of urea groups is 1. The molecule has 0 fully saturated rings. The van der Waals surface area contributed by atoms with E-state index in [4.69, 9.17) is 9.47 Å². The molecule has 0 unspecified atom stereocenters. The fourth-order valence-electron chi connectivity index (χ4n) is 3.89. The number of nitrogens with one attached hydrogen (secondary N) is 6. The summed E-state index contributed by atoms with van der Waals surface area (Å²) in [6.07, 6.45) is 6.75. The number of hydrogen-bond donors (Lipinski definition) is 6. The van der Waals surface area contributed by atoms with Crippen LogP contribution in [0.2, 0.25) is 0 Å². The van der Waals surface area contributed by atoms with Crippen molar-refractivity contribution >= 4 is 29.7 Å². The summed E-state index contributed by atoms with van der Waals surface area (Å²) in [4.78, 5) is 64.1. The predicted octanol–water partition coefficient (Wildman–Crippen LogP) is 0.372. The van der Waals surface area contributed by atoms with Gasteiger partial charge < -0.3 is 41.4 Å². The van der Waals surface area contributed by atoms with E-state index in [1.807, 2.05) is 13.8 Å². The van der Waals surface area contributed by atoms with Gasteiger partial charge in [0.05, 0.1) is 19.8 Å². The maximum Gasteiger partial charge on any atom is 0.316 e. The van der Waals surface area contributed by atoms with Crippen molar-refractivity contribution in [3.63, 3.8) is 0 Å². The van der Waals surface area contributed by atoms with Crippen LogP contribution < -0.4 is 31.9 Å². The number of rotatable bonds is 14. The summed E-state index contributed by atoms with van der Waals surface area (Å²) >= 11 is 0. The molecule has 13 nitrogen and oxygen atoms in total. The minimum atomic E-state index is -1.01. The minimum absolute atomic E-state index is 0.00988. The zero-order chi connectivity index (χ0) is 31.7. The second kappa shape index (κ2) is 19.6. The van der Waals surface area contributed by atoms with Gasteiger partial charge in [-0.3, -0.25) is 19.2 Å². The van der Waals surface area contributed by atoms with Crippen molar-refractivity contribution in [2.24, 2.45) is 17.8 Å². The molecule has 4 atom stereocenters. The molecule has 1 aliphatic rings. The van der Waals surface area contributed by atoms with Gasteiger partial charge in [-0.25, -0.2) is 4.79 Å². The molecule has 0 saturated carbocycles. The SMILES string of the molecule is COCCOCCNC(=O)[C@@H](NC(=O)N[C@H](C(=O)N[C@H]1/C=C/CCNC(=O)/C=C/[C@H](C(C)C)NC1=O)C(C)C)C(C)C. The Hall–Kier alpha value is -3.45. The lowest BCUT2D eigenvalue weighted by atomic mass is 10.0. The quantitative estimate of drug-likeness (QED) is 0.124. The van der Waals surface area contributed by atoms with Gasteiger partial charge in [0.15, 0.2) is 0 Å². The van der Waals surface area contributed by atoms with Crippen LogP contribution in [0.15, 0.2) is 24.3 Å². The Labute approximate surface area is 249 Å².